The Balaban J connectivity index is 1.38. The number of piperidine rings is 1. The minimum atomic E-state index is -0.484. The number of hydrogen-bond acceptors (Lipinski definition) is 4. The molecule has 138 valence electrons. The summed E-state index contributed by atoms with van der Waals surface area (Å²) in [5.74, 6) is 0.821. The van der Waals surface area contributed by atoms with Crippen LogP contribution in [0.3, 0.4) is 0 Å². The third kappa shape index (κ3) is 4.95. The molecular weight excluding hydrogens is 318 g/mol. The summed E-state index contributed by atoms with van der Waals surface area (Å²) in [6, 6.07) is 6.27. The number of rotatable bonds is 7. The summed E-state index contributed by atoms with van der Waals surface area (Å²) in [4.78, 5) is 13.1. The number of aryl methyl sites for hydroxylation is 2. The molecule has 0 bridgehead atoms. The highest BCUT2D eigenvalue weighted by molar-refractivity contribution is 5.72. The Morgan fingerprint density at radius 2 is 2.04 bits per heavy atom. The zero-order valence-corrected chi connectivity index (χ0v) is 15.1. The number of quaternary nitrogens is 1. The Morgan fingerprint density at radius 3 is 2.80 bits per heavy atom. The van der Waals surface area contributed by atoms with Crippen molar-refractivity contribution in [3.63, 3.8) is 0 Å². The molecule has 0 aromatic heterocycles. The van der Waals surface area contributed by atoms with Gasteiger partial charge in [-0.15, -0.1) is 0 Å². The third-order valence-electron chi connectivity index (χ3n) is 5.35. The first-order chi connectivity index (χ1) is 12.2. The lowest BCUT2D eigenvalue weighted by Crippen LogP contribution is -3.14. The summed E-state index contributed by atoms with van der Waals surface area (Å²) >= 11 is 0. The molecule has 1 unspecified atom stereocenters. The van der Waals surface area contributed by atoms with Crippen LogP contribution in [0.15, 0.2) is 18.2 Å². The number of carbonyl (C=O) groups is 1. The van der Waals surface area contributed by atoms with Crippen LogP contribution in [-0.4, -0.2) is 50.0 Å². The van der Waals surface area contributed by atoms with E-state index in [-0.39, 0.29) is 11.9 Å². The number of esters is 1. The highest BCUT2D eigenvalue weighted by Crippen LogP contribution is 2.26. The van der Waals surface area contributed by atoms with Crippen molar-refractivity contribution in [1.82, 2.24) is 0 Å². The largest absolute Gasteiger partial charge is 0.491 e. The number of ether oxygens (including phenoxy) is 2. The molecule has 1 aliphatic carbocycles. The highest BCUT2D eigenvalue weighted by Gasteiger charge is 2.29. The minimum Gasteiger partial charge on any atom is -0.491 e. The number of carbonyl (C=O) groups excluding carboxylic acids is 1. The van der Waals surface area contributed by atoms with Crippen LogP contribution in [0.2, 0.25) is 0 Å². The van der Waals surface area contributed by atoms with Gasteiger partial charge in [0, 0.05) is 12.8 Å². The van der Waals surface area contributed by atoms with Gasteiger partial charge in [-0.05, 0) is 49.4 Å². The van der Waals surface area contributed by atoms with Gasteiger partial charge in [-0.2, -0.15) is 0 Å². The van der Waals surface area contributed by atoms with Crippen molar-refractivity contribution >= 4 is 5.97 Å². The van der Waals surface area contributed by atoms with Gasteiger partial charge in [-0.1, -0.05) is 6.07 Å². The van der Waals surface area contributed by atoms with Gasteiger partial charge in [0.15, 0.2) is 0 Å². The molecule has 1 aliphatic heterocycles. The average Bonchev–Trinajstić information content (AvgIpc) is 3.08. The number of aliphatic hydroxyl groups is 1. The fraction of sp³-hybridized carbons (Fsp3) is 0.650. The molecule has 3 rings (SSSR count). The van der Waals surface area contributed by atoms with Crippen molar-refractivity contribution in [1.29, 1.82) is 0 Å². The summed E-state index contributed by atoms with van der Waals surface area (Å²) in [7, 11) is 0. The highest BCUT2D eigenvalue weighted by atomic mass is 16.5. The van der Waals surface area contributed by atoms with Gasteiger partial charge in [-0.25, -0.2) is 0 Å². The molecule has 1 aromatic carbocycles. The first-order valence-corrected chi connectivity index (χ1v) is 9.58. The number of nitrogens with one attached hydrogen (secondary N) is 1. The van der Waals surface area contributed by atoms with Crippen LogP contribution in [-0.2, 0) is 22.4 Å². The SMILES string of the molecule is CCOC(=O)C1CC[NH+](CC(O)COc2ccc3c(c2)CCC3)CC1. The van der Waals surface area contributed by atoms with E-state index in [0.717, 1.165) is 38.1 Å². The van der Waals surface area contributed by atoms with Crippen molar-refractivity contribution in [2.24, 2.45) is 5.92 Å². The predicted octanol–water partition coefficient (Wildman–Crippen LogP) is 0.773. The second-order valence-corrected chi connectivity index (χ2v) is 7.23. The molecule has 2 N–H and O–H groups in total. The molecule has 5 heteroatoms. The maximum atomic E-state index is 11.8. The van der Waals surface area contributed by atoms with E-state index in [2.05, 4.69) is 12.1 Å². The van der Waals surface area contributed by atoms with Gasteiger partial charge in [-0.3, -0.25) is 4.79 Å². The monoisotopic (exact) mass is 348 g/mol. The van der Waals surface area contributed by atoms with Crippen molar-refractivity contribution in [3.8, 4) is 5.75 Å². The summed E-state index contributed by atoms with van der Waals surface area (Å²) in [6.07, 6.45) is 4.73. The van der Waals surface area contributed by atoms with E-state index in [0.29, 0.717) is 19.8 Å². The lowest BCUT2D eigenvalue weighted by Gasteiger charge is -2.29. The van der Waals surface area contributed by atoms with E-state index < -0.39 is 6.10 Å². The second kappa shape index (κ2) is 8.68. The summed E-state index contributed by atoms with van der Waals surface area (Å²) in [5.41, 5.74) is 2.82. The maximum absolute atomic E-state index is 11.8. The smallest absolute Gasteiger partial charge is 0.309 e. The number of benzene rings is 1. The fourth-order valence-electron chi connectivity index (χ4n) is 3.95. The molecule has 1 aromatic rings. The molecular formula is C20H30NO4+. The quantitative estimate of drug-likeness (QED) is 0.715. The van der Waals surface area contributed by atoms with Crippen LogP contribution < -0.4 is 9.64 Å². The van der Waals surface area contributed by atoms with E-state index >= 15 is 0 Å². The van der Waals surface area contributed by atoms with Crippen molar-refractivity contribution in [2.75, 3.05) is 32.8 Å². The average molecular weight is 348 g/mol. The van der Waals surface area contributed by atoms with Crippen LogP contribution in [0, 0.1) is 5.92 Å². The Labute approximate surface area is 149 Å². The maximum Gasteiger partial charge on any atom is 0.309 e. The van der Waals surface area contributed by atoms with Gasteiger partial charge < -0.3 is 19.5 Å². The lowest BCUT2D eigenvalue weighted by atomic mass is 9.97. The summed E-state index contributed by atoms with van der Waals surface area (Å²) in [5, 5.41) is 10.3. The normalized spacial score (nSPS) is 23.8. The summed E-state index contributed by atoms with van der Waals surface area (Å²) in [6.45, 7) is 5.09. The Hall–Kier alpha value is -1.59. The van der Waals surface area contributed by atoms with Crippen molar-refractivity contribution in [3.05, 3.63) is 29.3 Å². The minimum absolute atomic E-state index is 0.0310. The number of hydrogen-bond donors (Lipinski definition) is 2. The number of aliphatic hydroxyl groups excluding tert-OH is 1. The molecule has 0 amide bonds. The molecule has 0 saturated carbocycles. The Bertz CT molecular complexity index is 581. The molecule has 0 spiro atoms. The van der Waals surface area contributed by atoms with Gasteiger partial charge in [0.2, 0.25) is 0 Å². The first-order valence-electron chi connectivity index (χ1n) is 9.58. The Morgan fingerprint density at radius 1 is 1.28 bits per heavy atom. The van der Waals surface area contributed by atoms with E-state index in [4.69, 9.17) is 9.47 Å². The topological polar surface area (TPSA) is 60.2 Å². The molecule has 25 heavy (non-hydrogen) atoms. The second-order valence-electron chi connectivity index (χ2n) is 7.23. The van der Waals surface area contributed by atoms with Gasteiger partial charge in [0.1, 0.15) is 25.0 Å². The summed E-state index contributed by atoms with van der Waals surface area (Å²) < 4.78 is 10.9. The number of likely N-dealkylation sites (tertiary alicyclic amines) is 1. The zero-order valence-electron chi connectivity index (χ0n) is 15.1. The third-order valence-corrected chi connectivity index (χ3v) is 5.35. The molecule has 1 saturated heterocycles. The molecule has 1 heterocycles. The van der Waals surface area contributed by atoms with Crippen LogP contribution in [0.1, 0.15) is 37.3 Å². The standard InChI is InChI=1S/C20H29NO4/c1-2-24-20(23)16-8-10-21(11-9-16)13-18(22)14-25-19-7-6-15-4-3-5-17(15)12-19/h6-7,12,16,18,22H,2-5,8-11,13-14H2,1H3/p+1. The van der Waals surface area contributed by atoms with Crippen LogP contribution in [0.25, 0.3) is 0 Å². The molecule has 0 radical (unpaired) electrons. The molecule has 2 aliphatic rings. The van der Waals surface area contributed by atoms with E-state index in [1.165, 1.54) is 28.9 Å². The lowest BCUT2D eigenvalue weighted by molar-refractivity contribution is -0.908. The predicted molar refractivity (Wildman–Crippen MR) is 94.9 cm³/mol. The van der Waals surface area contributed by atoms with Crippen molar-refractivity contribution < 1.29 is 24.3 Å². The van der Waals surface area contributed by atoms with Gasteiger partial charge in [0.25, 0.3) is 0 Å². The van der Waals surface area contributed by atoms with Crippen LogP contribution in [0.5, 0.6) is 5.75 Å². The van der Waals surface area contributed by atoms with E-state index in [1.54, 1.807) is 0 Å². The van der Waals surface area contributed by atoms with Crippen LogP contribution in [0.4, 0.5) is 0 Å². The van der Waals surface area contributed by atoms with Crippen molar-refractivity contribution in [2.45, 2.75) is 45.1 Å². The van der Waals surface area contributed by atoms with Gasteiger partial charge in [0.05, 0.1) is 25.6 Å². The zero-order chi connectivity index (χ0) is 17.6. The van der Waals surface area contributed by atoms with E-state index in [9.17, 15) is 9.90 Å². The number of fused-ring (bicyclic) bond motifs is 1. The fourth-order valence-corrected chi connectivity index (χ4v) is 3.95. The Kier molecular flexibility index (Phi) is 6.32. The first kappa shape index (κ1) is 18.2. The van der Waals surface area contributed by atoms with Crippen LogP contribution >= 0.6 is 0 Å². The molecule has 1 atom stereocenters. The molecule has 1 fully saturated rings. The molecule has 5 nitrogen and oxygen atoms in total. The van der Waals surface area contributed by atoms with E-state index in [1.807, 2.05) is 13.0 Å². The van der Waals surface area contributed by atoms with Gasteiger partial charge >= 0.3 is 5.97 Å².